The van der Waals surface area contributed by atoms with Gasteiger partial charge in [-0.25, -0.2) is 4.79 Å². The van der Waals surface area contributed by atoms with Gasteiger partial charge in [0.25, 0.3) is 0 Å². The minimum atomic E-state index is -0.435. The third-order valence-corrected chi connectivity index (χ3v) is 6.51. The first kappa shape index (κ1) is 15.7. The summed E-state index contributed by atoms with van der Waals surface area (Å²) in [6.45, 7) is 2.30. The fourth-order valence-electron chi connectivity index (χ4n) is 2.97. The second-order valence-corrected chi connectivity index (χ2v) is 8.10. The molecule has 0 radical (unpaired) electrons. The van der Waals surface area contributed by atoms with Crippen LogP contribution in [-0.2, 0) is 20.9 Å². The standard InChI is InChI=1S/C16H19NO3S2/c1-16-8-7-14(18)17(16)13(10-22-16)15(19)20-9-11-3-5-12(21-2)6-4-11/h3-6,13H,7-10H2,1-2H3/t13-,16-/m1/s1. The minimum absolute atomic E-state index is 0.0683. The molecule has 0 aromatic heterocycles. The summed E-state index contributed by atoms with van der Waals surface area (Å²) >= 11 is 3.36. The third-order valence-electron chi connectivity index (χ3n) is 4.26. The van der Waals surface area contributed by atoms with Crippen LogP contribution in [0.3, 0.4) is 0 Å². The van der Waals surface area contributed by atoms with Crippen molar-refractivity contribution in [1.29, 1.82) is 0 Å². The van der Waals surface area contributed by atoms with Crippen molar-refractivity contribution in [2.24, 2.45) is 0 Å². The van der Waals surface area contributed by atoms with Crippen LogP contribution in [0, 0.1) is 0 Å². The number of rotatable bonds is 4. The van der Waals surface area contributed by atoms with Gasteiger partial charge in [0.2, 0.25) is 5.91 Å². The second kappa shape index (κ2) is 6.16. The summed E-state index contributed by atoms with van der Waals surface area (Å²) in [5.41, 5.74) is 0.965. The van der Waals surface area contributed by atoms with E-state index in [4.69, 9.17) is 4.74 Å². The van der Waals surface area contributed by atoms with Crippen LogP contribution in [0.1, 0.15) is 25.3 Å². The Hall–Kier alpha value is -1.14. The van der Waals surface area contributed by atoms with Crippen molar-refractivity contribution in [1.82, 2.24) is 4.90 Å². The first-order valence-corrected chi connectivity index (χ1v) is 9.50. The molecule has 1 aromatic rings. The quantitative estimate of drug-likeness (QED) is 0.624. The Labute approximate surface area is 139 Å². The molecule has 0 saturated carbocycles. The largest absolute Gasteiger partial charge is 0.459 e. The molecule has 22 heavy (non-hydrogen) atoms. The number of carbonyl (C=O) groups is 2. The lowest BCUT2D eigenvalue weighted by molar-refractivity contribution is -0.154. The van der Waals surface area contributed by atoms with Gasteiger partial charge in [-0.15, -0.1) is 23.5 Å². The Morgan fingerprint density at radius 3 is 2.86 bits per heavy atom. The van der Waals surface area contributed by atoms with E-state index in [1.165, 1.54) is 4.90 Å². The number of fused-ring (bicyclic) bond motifs is 1. The molecule has 2 heterocycles. The molecule has 1 amide bonds. The van der Waals surface area contributed by atoms with E-state index in [9.17, 15) is 9.59 Å². The highest BCUT2D eigenvalue weighted by molar-refractivity contribution is 8.01. The van der Waals surface area contributed by atoms with Gasteiger partial charge in [0.15, 0.2) is 0 Å². The van der Waals surface area contributed by atoms with Gasteiger partial charge >= 0.3 is 5.97 Å². The number of carbonyl (C=O) groups excluding carboxylic acids is 2. The molecule has 2 aliphatic heterocycles. The Morgan fingerprint density at radius 1 is 1.45 bits per heavy atom. The number of hydrogen-bond donors (Lipinski definition) is 0. The van der Waals surface area contributed by atoms with Crippen molar-refractivity contribution in [3.05, 3.63) is 29.8 Å². The number of hydrogen-bond acceptors (Lipinski definition) is 5. The van der Waals surface area contributed by atoms with Crippen LogP contribution in [0.25, 0.3) is 0 Å². The zero-order valence-corrected chi connectivity index (χ0v) is 14.3. The molecule has 3 rings (SSSR count). The Kier molecular flexibility index (Phi) is 4.41. The summed E-state index contributed by atoms with van der Waals surface area (Å²) in [6, 6.07) is 7.53. The van der Waals surface area contributed by atoms with Crippen LogP contribution in [0.5, 0.6) is 0 Å². The number of ether oxygens (including phenoxy) is 1. The van der Waals surface area contributed by atoms with Crippen LogP contribution < -0.4 is 0 Å². The van der Waals surface area contributed by atoms with E-state index in [1.807, 2.05) is 37.4 Å². The predicted molar refractivity (Wildman–Crippen MR) is 88.8 cm³/mol. The lowest BCUT2D eigenvalue weighted by Gasteiger charge is -2.29. The topological polar surface area (TPSA) is 46.6 Å². The number of benzene rings is 1. The average molecular weight is 337 g/mol. The number of nitrogens with zero attached hydrogens (tertiary/aromatic N) is 1. The van der Waals surface area contributed by atoms with Crippen molar-refractivity contribution in [3.63, 3.8) is 0 Å². The molecule has 0 unspecified atom stereocenters. The van der Waals surface area contributed by atoms with Crippen molar-refractivity contribution in [3.8, 4) is 0 Å². The van der Waals surface area contributed by atoms with E-state index >= 15 is 0 Å². The fraction of sp³-hybridized carbons (Fsp3) is 0.500. The van der Waals surface area contributed by atoms with Crippen molar-refractivity contribution in [2.75, 3.05) is 12.0 Å². The summed E-state index contributed by atoms with van der Waals surface area (Å²) in [5.74, 6) is 0.408. The molecule has 2 aliphatic rings. The van der Waals surface area contributed by atoms with Crippen molar-refractivity contribution < 1.29 is 14.3 Å². The first-order chi connectivity index (χ1) is 10.5. The number of thioether (sulfide) groups is 2. The molecule has 1 aromatic carbocycles. The normalized spacial score (nSPS) is 27.1. The highest BCUT2D eigenvalue weighted by atomic mass is 32.2. The smallest absolute Gasteiger partial charge is 0.330 e. The van der Waals surface area contributed by atoms with Gasteiger partial charge in [0, 0.05) is 17.1 Å². The molecule has 2 fully saturated rings. The molecular formula is C16H19NO3S2. The monoisotopic (exact) mass is 337 g/mol. The molecule has 2 saturated heterocycles. The summed E-state index contributed by atoms with van der Waals surface area (Å²) in [4.78, 5) is 27.1. The zero-order chi connectivity index (χ0) is 15.7. The van der Waals surface area contributed by atoms with Crippen molar-refractivity contribution in [2.45, 2.75) is 42.2 Å². The molecule has 0 aliphatic carbocycles. The molecule has 0 N–H and O–H groups in total. The van der Waals surface area contributed by atoms with E-state index in [-0.39, 0.29) is 23.4 Å². The maximum atomic E-state index is 12.3. The molecule has 0 bridgehead atoms. The van der Waals surface area contributed by atoms with E-state index in [1.54, 1.807) is 28.4 Å². The van der Waals surface area contributed by atoms with Gasteiger partial charge in [0.1, 0.15) is 12.6 Å². The zero-order valence-electron chi connectivity index (χ0n) is 12.7. The van der Waals surface area contributed by atoms with Gasteiger partial charge in [-0.3, -0.25) is 4.79 Å². The predicted octanol–water partition coefficient (Wildman–Crippen LogP) is 2.91. The van der Waals surface area contributed by atoms with E-state index in [2.05, 4.69) is 0 Å². The lowest BCUT2D eigenvalue weighted by Crippen LogP contribution is -2.46. The summed E-state index contributed by atoms with van der Waals surface area (Å²) in [5, 5.41) is 0. The maximum Gasteiger partial charge on any atom is 0.330 e. The van der Waals surface area contributed by atoms with Gasteiger partial charge in [0.05, 0.1) is 4.87 Å². The number of esters is 1. The third kappa shape index (κ3) is 2.86. The van der Waals surface area contributed by atoms with E-state index in [0.717, 1.165) is 12.0 Å². The van der Waals surface area contributed by atoms with Crippen LogP contribution in [-0.4, -0.2) is 39.7 Å². The summed E-state index contributed by atoms with van der Waals surface area (Å²) in [6.07, 6.45) is 3.37. The number of amides is 1. The van der Waals surface area contributed by atoms with Gasteiger partial charge in [-0.2, -0.15) is 0 Å². The van der Waals surface area contributed by atoms with Crippen molar-refractivity contribution >= 4 is 35.4 Å². The molecular weight excluding hydrogens is 318 g/mol. The lowest BCUT2D eigenvalue weighted by atomic mass is 10.2. The van der Waals surface area contributed by atoms with Gasteiger partial charge in [-0.05, 0) is 37.3 Å². The minimum Gasteiger partial charge on any atom is -0.459 e. The van der Waals surface area contributed by atoms with Gasteiger partial charge in [-0.1, -0.05) is 12.1 Å². The van der Waals surface area contributed by atoms with E-state index in [0.29, 0.717) is 12.2 Å². The highest BCUT2D eigenvalue weighted by Crippen LogP contribution is 2.47. The Balaban J connectivity index is 1.61. The SMILES string of the molecule is CSc1ccc(COC(=O)[C@H]2CS[C@]3(C)CCC(=O)N23)cc1. The molecule has 4 nitrogen and oxygen atoms in total. The average Bonchev–Trinajstić information content (AvgIpc) is 3.02. The van der Waals surface area contributed by atoms with Crippen LogP contribution in [0.15, 0.2) is 29.2 Å². The van der Waals surface area contributed by atoms with E-state index < -0.39 is 6.04 Å². The molecule has 118 valence electrons. The Bertz CT molecular complexity index is 590. The van der Waals surface area contributed by atoms with Gasteiger partial charge < -0.3 is 9.64 Å². The van der Waals surface area contributed by atoms with Crippen LogP contribution in [0.4, 0.5) is 0 Å². The first-order valence-electron chi connectivity index (χ1n) is 7.29. The van der Waals surface area contributed by atoms with Crippen LogP contribution >= 0.6 is 23.5 Å². The molecule has 6 heteroatoms. The molecule has 2 atom stereocenters. The Morgan fingerprint density at radius 2 is 2.18 bits per heavy atom. The summed E-state index contributed by atoms with van der Waals surface area (Å²) in [7, 11) is 0. The fourth-order valence-corrected chi connectivity index (χ4v) is 4.79. The maximum absolute atomic E-state index is 12.3. The summed E-state index contributed by atoms with van der Waals surface area (Å²) < 4.78 is 5.43. The van der Waals surface area contributed by atoms with Crippen LogP contribution in [0.2, 0.25) is 0 Å². The molecule has 0 spiro atoms. The highest BCUT2D eigenvalue weighted by Gasteiger charge is 2.53. The second-order valence-electron chi connectivity index (χ2n) is 5.72.